The Morgan fingerprint density at radius 3 is 2.57 bits per heavy atom. The lowest BCUT2D eigenvalue weighted by atomic mass is 10.1. The van der Waals surface area contributed by atoms with Crippen molar-refractivity contribution < 1.29 is 14.7 Å². The minimum absolute atomic E-state index is 0.00251. The van der Waals surface area contributed by atoms with E-state index < -0.39 is 11.9 Å². The topological polar surface area (TPSA) is 69.6 Å². The molecule has 0 unspecified atom stereocenters. The fourth-order valence-electron chi connectivity index (χ4n) is 2.20. The standard InChI is InChI=1S/C16H10ClIN2O3/c17-10-6-9(14(21)12(18)8-10)7-13-15(22)20(16(23)19-13)11-4-2-1-3-5-11/h1-8,21H,(H,19,23)/b13-7+. The van der Waals surface area contributed by atoms with Crippen LogP contribution in [-0.2, 0) is 4.79 Å². The highest BCUT2D eigenvalue weighted by Crippen LogP contribution is 2.31. The number of imide groups is 1. The maximum absolute atomic E-state index is 12.5. The molecule has 1 fully saturated rings. The molecule has 3 rings (SSSR count). The molecule has 1 aliphatic heterocycles. The number of halogens is 2. The van der Waals surface area contributed by atoms with Crippen LogP contribution in [0.5, 0.6) is 5.75 Å². The van der Waals surface area contributed by atoms with Crippen molar-refractivity contribution in [1.82, 2.24) is 5.32 Å². The summed E-state index contributed by atoms with van der Waals surface area (Å²) in [5.74, 6) is -0.488. The van der Waals surface area contributed by atoms with E-state index in [2.05, 4.69) is 5.32 Å². The largest absolute Gasteiger partial charge is 0.506 e. The SMILES string of the molecule is O=C1N/C(=C/c2cc(Cl)cc(I)c2O)C(=O)N1c1ccccc1. The summed E-state index contributed by atoms with van der Waals surface area (Å²) in [7, 11) is 0. The van der Waals surface area contributed by atoms with Gasteiger partial charge in [-0.3, -0.25) is 4.79 Å². The minimum atomic E-state index is -0.538. The molecular weight excluding hydrogens is 431 g/mol. The van der Waals surface area contributed by atoms with Crippen LogP contribution >= 0.6 is 34.2 Å². The summed E-state index contributed by atoms with van der Waals surface area (Å²) in [5, 5.41) is 13.0. The van der Waals surface area contributed by atoms with Crippen molar-refractivity contribution in [3.05, 3.63) is 62.3 Å². The molecule has 116 valence electrons. The minimum Gasteiger partial charge on any atom is -0.506 e. The van der Waals surface area contributed by atoms with E-state index in [1.165, 1.54) is 12.1 Å². The molecule has 5 nitrogen and oxygen atoms in total. The van der Waals surface area contributed by atoms with Gasteiger partial charge in [0, 0.05) is 10.6 Å². The first-order valence-electron chi connectivity index (χ1n) is 6.57. The zero-order valence-corrected chi connectivity index (χ0v) is 14.5. The van der Waals surface area contributed by atoms with Crippen molar-refractivity contribution in [2.75, 3.05) is 4.90 Å². The Balaban J connectivity index is 2.00. The molecule has 0 spiro atoms. The summed E-state index contributed by atoms with van der Waals surface area (Å²) in [6.07, 6.45) is 1.41. The van der Waals surface area contributed by atoms with Gasteiger partial charge in [-0.15, -0.1) is 0 Å². The molecule has 0 aromatic heterocycles. The van der Waals surface area contributed by atoms with Crippen LogP contribution in [0.1, 0.15) is 5.56 Å². The monoisotopic (exact) mass is 440 g/mol. The number of para-hydroxylation sites is 1. The van der Waals surface area contributed by atoms with Gasteiger partial charge in [-0.2, -0.15) is 0 Å². The van der Waals surface area contributed by atoms with E-state index >= 15 is 0 Å². The number of carbonyl (C=O) groups is 2. The van der Waals surface area contributed by atoms with Gasteiger partial charge < -0.3 is 10.4 Å². The fourth-order valence-corrected chi connectivity index (χ4v) is 3.26. The van der Waals surface area contributed by atoms with Crippen LogP contribution in [0.4, 0.5) is 10.5 Å². The molecule has 1 saturated heterocycles. The molecular formula is C16H10ClIN2O3. The number of anilines is 1. The molecule has 3 amide bonds. The summed E-state index contributed by atoms with van der Waals surface area (Å²) in [5.41, 5.74) is 0.913. The van der Waals surface area contributed by atoms with E-state index in [1.807, 2.05) is 22.6 Å². The highest BCUT2D eigenvalue weighted by atomic mass is 127. The Bertz CT molecular complexity index is 837. The van der Waals surface area contributed by atoms with Crippen molar-refractivity contribution in [2.24, 2.45) is 0 Å². The lowest BCUT2D eigenvalue weighted by Crippen LogP contribution is -2.30. The maximum Gasteiger partial charge on any atom is 0.333 e. The number of hydrogen-bond donors (Lipinski definition) is 2. The molecule has 23 heavy (non-hydrogen) atoms. The van der Waals surface area contributed by atoms with Gasteiger partial charge in [0.1, 0.15) is 11.4 Å². The van der Waals surface area contributed by atoms with Gasteiger partial charge in [0.2, 0.25) is 0 Å². The first-order chi connectivity index (χ1) is 11.0. The number of carbonyl (C=O) groups excluding carboxylic acids is 2. The molecule has 2 aromatic rings. The number of nitrogens with one attached hydrogen (secondary N) is 1. The van der Waals surface area contributed by atoms with Gasteiger partial charge in [-0.1, -0.05) is 29.8 Å². The number of hydrogen-bond acceptors (Lipinski definition) is 3. The predicted molar refractivity (Wildman–Crippen MR) is 96.3 cm³/mol. The number of phenolic OH excluding ortho intramolecular Hbond substituents is 1. The molecule has 0 atom stereocenters. The second-order valence-electron chi connectivity index (χ2n) is 4.79. The Kier molecular flexibility index (Phi) is 4.27. The maximum atomic E-state index is 12.5. The smallest absolute Gasteiger partial charge is 0.333 e. The number of rotatable bonds is 2. The van der Waals surface area contributed by atoms with Crippen LogP contribution in [-0.4, -0.2) is 17.0 Å². The summed E-state index contributed by atoms with van der Waals surface area (Å²) in [6.45, 7) is 0. The van der Waals surface area contributed by atoms with E-state index in [0.717, 1.165) is 4.90 Å². The highest BCUT2D eigenvalue weighted by molar-refractivity contribution is 14.1. The zero-order chi connectivity index (χ0) is 16.6. The Labute approximate surface area is 150 Å². The lowest BCUT2D eigenvalue weighted by molar-refractivity contribution is -0.113. The van der Waals surface area contributed by atoms with Crippen LogP contribution in [0, 0.1) is 3.57 Å². The van der Waals surface area contributed by atoms with E-state index in [1.54, 1.807) is 36.4 Å². The average Bonchev–Trinajstić information content (AvgIpc) is 2.79. The van der Waals surface area contributed by atoms with Crippen LogP contribution < -0.4 is 10.2 Å². The van der Waals surface area contributed by atoms with Gasteiger partial charge in [0.25, 0.3) is 5.91 Å². The van der Waals surface area contributed by atoms with Gasteiger partial charge in [-0.25, -0.2) is 9.69 Å². The normalized spacial score (nSPS) is 16.1. The quantitative estimate of drug-likeness (QED) is 0.425. The number of aromatic hydroxyl groups is 1. The highest BCUT2D eigenvalue weighted by Gasteiger charge is 2.34. The fraction of sp³-hybridized carbons (Fsp3) is 0. The molecule has 0 saturated carbocycles. The van der Waals surface area contributed by atoms with Crippen LogP contribution in [0.25, 0.3) is 6.08 Å². The summed E-state index contributed by atoms with van der Waals surface area (Å²) in [4.78, 5) is 25.6. The molecule has 2 aromatic carbocycles. The van der Waals surface area contributed by atoms with Crippen molar-refractivity contribution in [1.29, 1.82) is 0 Å². The number of urea groups is 1. The number of phenols is 1. The molecule has 1 heterocycles. The van der Waals surface area contributed by atoms with Gasteiger partial charge in [0.05, 0.1) is 9.26 Å². The van der Waals surface area contributed by atoms with Crippen molar-refractivity contribution in [2.45, 2.75) is 0 Å². The second kappa shape index (κ2) is 6.21. The molecule has 0 aliphatic carbocycles. The number of nitrogens with zero attached hydrogens (tertiary/aromatic N) is 1. The lowest BCUT2D eigenvalue weighted by Gasteiger charge is -2.10. The molecule has 0 radical (unpaired) electrons. The van der Waals surface area contributed by atoms with Crippen LogP contribution in [0.2, 0.25) is 5.02 Å². The summed E-state index contributed by atoms with van der Waals surface area (Å²) < 4.78 is 0.554. The first kappa shape index (κ1) is 15.8. The van der Waals surface area contributed by atoms with Crippen LogP contribution in [0.3, 0.4) is 0 Å². The molecule has 1 aliphatic rings. The predicted octanol–water partition coefficient (Wildman–Crippen LogP) is 3.75. The van der Waals surface area contributed by atoms with E-state index in [-0.39, 0.29) is 11.4 Å². The van der Waals surface area contributed by atoms with E-state index in [0.29, 0.717) is 19.8 Å². The first-order valence-corrected chi connectivity index (χ1v) is 8.03. The van der Waals surface area contributed by atoms with Crippen molar-refractivity contribution in [3.63, 3.8) is 0 Å². The van der Waals surface area contributed by atoms with E-state index in [9.17, 15) is 14.7 Å². The third kappa shape index (κ3) is 3.04. The van der Waals surface area contributed by atoms with Gasteiger partial charge in [0.15, 0.2) is 0 Å². The Morgan fingerprint density at radius 2 is 1.87 bits per heavy atom. The average molecular weight is 441 g/mol. The van der Waals surface area contributed by atoms with Crippen molar-refractivity contribution >= 4 is 57.9 Å². The van der Waals surface area contributed by atoms with Crippen LogP contribution in [0.15, 0.2) is 48.2 Å². The molecule has 2 N–H and O–H groups in total. The van der Waals surface area contributed by atoms with Gasteiger partial charge in [-0.05, 0) is 52.9 Å². The van der Waals surface area contributed by atoms with E-state index in [4.69, 9.17) is 11.6 Å². The third-order valence-electron chi connectivity index (χ3n) is 3.25. The third-order valence-corrected chi connectivity index (χ3v) is 4.29. The molecule has 0 bridgehead atoms. The summed E-state index contributed by atoms with van der Waals surface area (Å²) in [6, 6.07) is 11.2. The Morgan fingerprint density at radius 1 is 1.17 bits per heavy atom. The number of benzene rings is 2. The van der Waals surface area contributed by atoms with Gasteiger partial charge >= 0.3 is 6.03 Å². The second-order valence-corrected chi connectivity index (χ2v) is 6.39. The molecule has 7 heteroatoms. The zero-order valence-electron chi connectivity index (χ0n) is 11.6. The summed E-state index contributed by atoms with van der Waals surface area (Å²) >= 11 is 7.91. The Hall–Kier alpha value is -2.06. The van der Waals surface area contributed by atoms with Crippen molar-refractivity contribution in [3.8, 4) is 5.75 Å². The number of amides is 3.